The van der Waals surface area contributed by atoms with E-state index >= 15 is 0 Å². The van der Waals surface area contributed by atoms with E-state index in [0.29, 0.717) is 6.04 Å². The Labute approximate surface area is 128 Å². The molecule has 0 saturated heterocycles. The first-order valence-corrected chi connectivity index (χ1v) is 7.91. The van der Waals surface area contributed by atoms with Gasteiger partial charge in [0.05, 0.1) is 0 Å². The van der Waals surface area contributed by atoms with Gasteiger partial charge >= 0.3 is 0 Å². The lowest BCUT2D eigenvalue weighted by Crippen LogP contribution is -2.18. The quantitative estimate of drug-likeness (QED) is 0.710. The molecule has 0 spiro atoms. The zero-order chi connectivity index (χ0) is 13.9. The van der Waals surface area contributed by atoms with Crippen LogP contribution in [0.2, 0.25) is 5.02 Å². The van der Waals surface area contributed by atoms with E-state index in [4.69, 9.17) is 11.6 Å². The van der Waals surface area contributed by atoms with Crippen LogP contribution >= 0.6 is 22.9 Å². The van der Waals surface area contributed by atoms with Crippen LogP contribution in [0.1, 0.15) is 17.2 Å². The van der Waals surface area contributed by atoms with Crippen molar-refractivity contribution in [1.29, 1.82) is 0 Å². The van der Waals surface area contributed by atoms with Crippen LogP contribution in [0, 0.1) is 0 Å². The summed E-state index contributed by atoms with van der Waals surface area (Å²) in [6.07, 6.45) is 0.963. The molecule has 0 bridgehead atoms. The Hall–Kier alpha value is -1.35. The molecule has 1 nitrogen and oxygen atoms in total. The lowest BCUT2D eigenvalue weighted by Gasteiger charge is -2.17. The number of benzene rings is 2. The molecular formula is C17H16ClNS. The average molecular weight is 302 g/mol. The highest BCUT2D eigenvalue weighted by Gasteiger charge is 2.13. The van der Waals surface area contributed by atoms with Gasteiger partial charge in [-0.1, -0.05) is 41.9 Å². The summed E-state index contributed by atoms with van der Waals surface area (Å²) >= 11 is 7.76. The molecule has 1 heterocycles. The van der Waals surface area contributed by atoms with Crippen LogP contribution in [0.15, 0.2) is 53.9 Å². The summed E-state index contributed by atoms with van der Waals surface area (Å²) in [5, 5.41) is 7.70. The maximum atomic E-state index is 5.95. The zero-order valence-corrected chi connectivity index (χ0v) is 12.8. The molecule has 3 rings (SSSR count). The number of nitrogens with one attached hydrogen (secondary N) is 1. The first-order valence-electron chi connectivity index (χ1n) is 6.66. The topological polar surface area (TPSA) is 12.0 Å². The first-order chi connectivity index (χ1) is 9.78. The number of fused-ring (bicyclic) bond motifs is 1. The second-order valence-electron chi connectivity index (χ2n) is 4.86. The third-order valence-corrected chi connectivity index (χ3v) is 4.82. The monoisotopic (exact) mass is 301 g/mol. The van der Waals surface area contributed by atoms with Crippen molar-refractivity contribution in [2.24, 2.45) is 0 Å². The predicted molar refractivity (Wildman–Crippen MR) is 88.8 cm³/mol. The summed E-state index contributed by atoms with van der Waals surface area (Å²) < 4.78 is 1.38. The predicted octanol–water partition coefficient (Wildman–Crippen LogP) is 5.06. The lowest BCUT2D eigenvalue weighted by molar-refractivity contribution is 0.597. The Morgan fingerprint density at radius 1 is 1.10 bits per heavy atom. The Bertz CT molecular complexity index is 702. The van der Waals surface area contributed by atoms with Crippen LogP contribution in [0.4, 0.5) is 0 Å². The third kappa shape index (κ3) is 2.73. The maximum absolute atomic E-state index is 5.95. The van der Waals surface area contributed by atoms with Gasteiger partial charge in [-0.25, -0.2) is 0 Å². The van der Waals surface area contributed by atoms with Crippen molar-refractivity contribution in [3.8, 4) is 0 Å². The van der Waals surface area contributed by atoms with Crippen molar-refractivity contribution in [2.45, 2.75) is 12.5 Å². The highest BCUT2D eigenvalue weighted by Crippen LogP contribution is 2.30. The van der Waals surface area contributed by atoms with Gasteiger partial charge in [-0.05, 0) is 53.6 Å². The molecule has 3 aromatic rings. The standard InChI is InChI=1S/C17H16ClNS/c1-19-16(11-12-5-7-14(18)8-6-12)15-4-2-3-13-9-10-20-17(13)15/h2-10,16,19H,11H2,1H3. The van der Waals surface area contributed by atoms with Crippen molar-refractivity contribution in [1.82, 2.24) is 5.32 Å². The second kappa shape index (κ2) is 5.96. The molecule has 1 atom stereocenters. The average Bonchev–Trinajstić information content (AvgIpc) is 2.95. The minimum Gasteiger partial charge on any atom is -0.313 e. The maximum Gasteiger partial charge on any atom is 0.0406 e. The minimum atomic E-state index is 0.318. The Morgan fingerprint density at radius 2 is 1.90 bits per heavy atom. The van der Waals surface area contributed by atoms with Gasteiger partial charge < -0.3 is 5.32 Å². The fourth-order valence-electron chi connectivity index (χ4n) is 2.51. The smallest absolute Gasteiger partial charge is 0.0406 e. The summed E-state index contributed by atoms with van der Waals surface area (Å²) in [7, 11) is 2.02. The molecule has 102 valence electrons. The summed E-state index contributed by atoms with van der Waals surface area (Å²) in [5.74, 6) is 0. The molecule has 1 unspecified atom stereocenters. The van der Waals surface area contributed by atoms with E-state index in [-0.39, 0.29) is 0 Å². The summed E-state index contributed by atoms with van der Waals surface area (Å²) in [4.78, 5) is 0. The van der Waals surface area contributed by atoms with Gasteiger partial charge in [0.2, 0.25) is 0 Å². The molecule has 0 aliphatic rings. The summed E-state index contributed by atoms with van der Waals surface area (Å²) in [5.41, 5.74) is 2.66. The van der Waals surface area contributed by atoms with Crippen LogP contribution in [-0.4, -0.2) is 7.05 Å². The molecule has 3 heteroatoms. The Morgan fingerprint density at radius 3 is 2.65 bits per heavy atom. The molecule has 0 radical (unpaired) electrons. The van der Waals surface area contributed by atoms with Gasteiger partial charge in [0.15, 0.2) is 0 Å². The molecule has 0 aliphatic heterocycles. The van der Waals surface area contributed by atoms with Gasteiger partial charge in [-0.2, -0.15) is 0 Å². The molecule has 20 heavy (non-hydrogen) atoms. The molecule has 1 aromatic heterocycles. The lowest BCUT2D eigenvalue weighted by atomic mass is 9.98. The van der Waals surface area contributed by atoms with Crippen molar-refractivity contribution in [3.63, 3.8) is 0 Å². The molecule has 0 saturated carbocycles. The van der Waals surface area contributed by atoms with Gasteiger partial charge in [0.1, 0.15) is 0 Å². The number of likely N-dealkylation sites (N-methyl/N-ethyl adjacent to an activating group) is 1. The van der Waals surface area contributed by atoms with E-state index in [1.54, 1.807) is 0 Å². The first kappa shape index (κ1) is 13.6. The van der Waals surface area contributed by atoms with Crippen LogP contribution < -0.4 is 5.32 Å². The van der Waals surface area contributed by atoms with Crippen molar-refractivity contribution < 1.29 is 0 Å². The molecule has 2 aromatic carbocycles. The number of halogens is 1. The number of thiophene rings is 1. The van der Waals surface area contributed by atoms with Crippen LogP contribution in [0.5, 0.6) is 0 Å². The van der Waals surface area contributed by atoms with E-state index in [2.05, 4.69) is 47.1 Å². The molecule has 0 aliphatic carbocycles. The largest absolute Gasteiger partial charge is 0.313 e. The molecule has 0 fully saturated rings. The van der Waals surface area contributed by atoms with Crippen LogP contribution in [0.3, 0.4) is 0 Å². The normalized spacial score (nSPS) is 12.7. The van der Waals surface area contributed by atoms with E-state index in [0.717, 1.165) is 11.4 Å². The van der Waals surface area contributed by atoms with Crippen molar-refractivity contribution in [3.05, 3.63) is 70.1 Å². The zero-order valence-electron chi connectivity index (χ0n) is 11.3. The van der Waals surface area contributed by atoms with Crippen molar-refractivity contribution in [2.75, 3.05) is 7.05 Å². The van der Waals surface area contributed by atoms with E-state index < -0.39 is 0 Å². The van der Waals surface area contributed by atoms with Gasteiger partial charge in [0, 0.05) is 15.8 Å². The van der Waals surface area contributed by atoms with E-state index in [1.807, 2.05) is 30.5 Å². The highest BCUT2D eigenvalue weighted by atomic mass is 35.5. The molecule has 1 N–H and O–H groups in total. The number of hydrogen-bond acceptors (Lipinski definition) is 2. The van der Waals surface area contributed by atoms with Crippen LogP contribution in [0.25, 0.3) is 10.1 Å². The van der Waals surface area contributed by atoms with Gasteiger partial charge in [-0.15, -0.1) is 11.3 Å². The van der Waals surface area contributed by atoms with Crippen LogP contribution in [-0.2, 0) is 6.42 Å². The molecular weight excluding hydrogens is 286 g/mol. The number of rotatable bonds is 4. The van der Waals surface area contributed by atoms with E-state index in [9.17, 15) is 0 Å². The fourth-order valence-corrected chi connectivity index (χ4v) is 3.61. The summed E-state index contributed by atoms with van der Waals surface area (Å²) in [6, 6.07) is 17.1. The van der Waals surface area contributed by atoms with E-state index in [1.165, 1.54) is 21.2 Å². The second-order valence-corrected chi connectivity index (χ2v) is 6.21. The summed E-state index contributed by atoms with van der Waals surface area (Å²) in [6.45, 7) is 0. The van der Waals surface area contributed by atoms with Crippen molar-refractivity contribution >= 4 is 33.0 Å². The van der Waals surface area contributed by atoms with Gasteiger partial charge in [0.25, 0.3) is 0 Å². The number of hydrogen-bond donors (Lipinski definition) is 1. The highest BCUT2D eigenvalue weighted by molar-refractivity contribution is 7.17. The third-order valence-electron chi connectivity index (χ3n) is 3.59. The Balaban J connectivity index is 1.93. The minimum absolute atomic E-state index is 0.318. The Kier molecular flexibility index (Phi) is 4.06. The fraction of sp³-hybridized carbons (Fsp3) is 0.176. The SMILES string of the molecule is CNC(Cc1ccc(Cl)cc1)c1cccc2ccsc12. The molecule has 0 amide bonds. The van der Waals surface area contributed by atoms with Gasteiger partial charge in [-0.3, -0.25) is 0 Å².